The Morgan fingerprint density at radius 3 is 2.52 bits per heavy atom. The minimum absolute atomic E-state index is 0.185. The molecular weight excluding hydrogens is 380 g/mol. The van der Waals surface area contributed by atoms with Crippen molar-refractivity contribution in [2.45, 2.75) is 19.9 Å². The third-order valence-corrected chi connectivity index (χ3v) is 4.04. The molecule has 0 bridgehead atoms. The van der Waals surface area contributed by atoms with Crippen molar-refractivity contribution in [3.8, 4) is 11.5 Å². The summed E-state index contributed by atoms with van der Waals surface area (Å²) in [6, 6.07) is 4.11. The average molecular weight is 404 g/mol. The summed E-state index contributed by atoms with van der Waals surface area (Å²) < 4.78 is 20.6. The highest BCUT2D eigenvalue weighted by molar-refractivity contribution is 5.95. The van der Waals surface area contributed by atoms with Crippen molar-refractivity contribution < 1.29 is 33.3 Å². The first kappa shape index (κ1) is 21.8. The van der Waals surface area contributed by atoms with Gasteiger partial charge in [-0.2, -0.15) is 0 Å². The van der Waals surface area contributed by atoms with Gasteiger partial charge in [0.1, 0.15) is 6.61 Å². The second-order valence-electron chi connectivity index (χ2n) is 5.99. The Morgan fingerprint density at radius 1 is 1.14 bits per heavy atom. The van der Waals surface area contributed by atoms with Crippen molar-refractivity contribution in [3.63, 3.8) is 0 Å². The fourth-order valence-corrected chi connectivity index (χ4v) is 2.71. The van der Waals surface area contributed by atoms with Crippen molar-refractivity contribution in [2.75, 3.05) is 27.4 Å². The van der Waals surface area contributed by atoms with Crippen LogP contribution in [-0.4, -0.2) is 51.4 Å². The standard InChI is InChI=1S/C20H24N2O7/c1-5-28-19(24)18-12(2)21-20(25)22-14(18)11-29-17(23)9-7-13-6-8-15(26-3)16(10-13)27-4/h6-10,12H,5,11H2,1-4H3,(H2,21,22,25)/b9-7+. The zero-order chi connectivity index (χ0) is 21.4. The molecular formula is C20H24N2O7. The Bertz CT molecular complexity index is 845. The molecule has 1 aliphatic heterocycles. The van der Waals surface area contributed by atoms with E-state index in [0.29, 0.717) is 17.1 Å². The van der Waals surface area contributed by atoms with Gasteiger partial charge in [0, 0.05) is 6.08 Å². The molecule has 2 rings (SSSR count). The van der Waals surface area contributed by atoms with E-state index in [2.05, 4.69) is 10.6 Å². The molecule has 0 saturated carbocycles. The van der Waals surface area contributed by atoms with E-state index in [1.165, 1.54) is 20.3 Å². The van der Waals surface area contributed by atoms with Gasteiger partial charge in [-0.05, 0) is 37.6 Å². The quantitative estimate of drug-likeness (QED) is 0.502. The van der Waals surface area contributed by atoms with Gasteiger partial charge in [0.05, 0.1) is 38.1 Å². The summed E-state index contributed by atoms with van der Waals surface area (Å²) in [6.07, 6.45) is 2.78. The number of esters is 2. The molecule has 1 heterocycles. The lowest BCUT2D eigenvalue weighted by molar-refractivity contribution is -0.140. The van der Waals surface area contributed by atoms with Gasteiger partial charge in [-0.25, -0.2) is 14.4 Å². The van der Waals surface area contributed by atoms with E-state index < -0.39 is 24.0 Å². The molecule has 0 spiro atoms. The first-order chi connectivity index (χ1) is 13.9. The van der Waals surface area contributed by atoms with Crippen LogP contribution >= 0.6 is 0 Å². The van der Waals surface area contributed by atoms with Crippen LogP contribution in [0, 0.1) is 0 Å². The van der Waals surface area contributed by atoms with Crippen LogP contribution in [0.5, 0.6) is 11.5 Å². The fraction of sp³-hybridized carbons (Fsp3) is 0.350. The molecule has 1 aromatic rings. The van der Waals surface area contributed by atoms with Gasteiger partial charge in [0.2, 0.25) is 0 Å². The first-order valence-corrected chi connectivity index (χ1v) is 8.94. The SMILES string of the molecule is CCOC(=O)C1=C(COC(=O)/C=C/c2ccc(OC)c(OC)c2)NC(=O)NC1C. The molecule has 0 aliphatic carbocycles. The normalized spacial score (nSPS) is 16.1. The lowest BCUT2D eigenvalue weighted by atomic mass is 10.0. The van der Waals surface area contributed by atoms with Crippen molar-refractivity contribution in [1.29, 1.82) is 0 Å². The monoisotopic (exact) mass is 404 g/mol. The van der Waals surface area contributed by atoms with E-state index in [-0.39, 0.29) is 24.5 Å². The highest BCUT2D eigenvalue weighted by Gasteiger charge is 2.30. The van der Waals surface area contributed by atoms with Crippen LogP contribution in [0.1, 0.15) is 19.4 Å². The molecule has 2 amide bonds. The molecule has 9 nitrogen and oxygen atoms in total. The van der Waals surface area contributed by atoms with Gasteiger partial charge in [0.25, 0.3) is 0 Å². The second-order valence-corrected chi connectivity index (χ2v) is 5.99. The summed E-state index contributed by atoms with van der Waals surface area (Å²) in [7, 11) is 3.05. The number of hydrogen-bond donors (Lipinski definition) is 2. The van der Waals surface area contributed by atoms with E-state index in [1.54, 1.807) is 38.1 Å². The van der Waals surface area contributed by atoms with E-state index in [9.17, 15) is 14.4 Å². The molecule has 0 fully saturated rings. The number of ether oxygens (including phenoxy) is 4. The van der Waals surface area contributed by atoms with Crippen LogP contribution in [0.25, 0.3) is 6.08 Å². The maximum Gasteiger partial charge on any atom is 0.338 e. The largest absolute Gasteiger partial charge is 0.493 e. The average Bonchev–Trinajstić information content (AvgIpc) is 2.70. The Morgan fingerprint density at radius 2 is 1.86 bits per heavy atom. The molecule has 29 heavy (non-hydrogen) atoms. The number of nitrogens with one attached hydrogen (secondary N) is 2. The molecule has 1 aromatic carbocycles. The fourth-order valence-electron chi connectivity index (χ4n) is 2.71. The number of urea groups is 1. The molecule has 0 aromatic heterocycles. The van der Waals surface area contributed by atoms with Gasteiger partial charge in [-0.1, -0.05) is 6.07 Å². The maximum absolute atomic E-state index is 12.1. The number of carbonyl (C=O) groups is 3. The number of rotatable bonds is 8. The van der Waals surface area contributed by atoms with Crippen molar-refractivity contribution >= 4 is 24.0 Å². The highest BCUT2D eigenvalue weighted by atomic mass is 16.5. The Balaban J connectivity index is 2.08. The molecule has 9 heteroatoms. The van der Waals surface area contributed by atoms with E-state index >= 15 is 0 Å². The molecule has 156 valence electrons. The zero-order valence-electron chi connectivity index (χ0n) is 16.7. The Labute approximate surface area is 168 Å². The van der Waals surface area contributed by atoms with Crippen molar-refractivity contribution in [1.82, 2.24) is 10.6 Å². The third-order valence-electron chi connectivity index (χ3n) is 4.04. The van der Waals surface area contributed by atoms with Crippen LogP contribution in [0.15, 0.2) is 35.5 Å². The summed E-state index contributed by atoms with van der Waals surface area (Å²) in [5, 5.41) is 5.06. The molecule has 1 aliphatic rings. The second kappa shape index (κ2) is 10.2. The summed E-state index contributed by atoms with van der Waals surface area (Å²) in [5.41, 5.74) is 1.10. The first-order valence-electron chi connectivity index (χ1n) is 8.94. The minimum atomic E-state index is -0.643. The summed E-state index contributed by atoms with van der Waals surface area (Å²) in [4.78, 5) is 35.9. The number of amides is 2. The Kier molecular flexibility index (Phi) is 7.64. The molecule has 0 radical (unpaired) electrons. The van der Waals surface area contributed by atoms with Crippen LogP contribution in [0.3, 0.4) is 0 Å². The minimum Gasteiger partial charge on any atom is -0.493 e. The van der Waals surface area contributed by atoms with Crippen LogP contribution in [-0.2, 0) is 19.1 Å². The number of methoxy groups -OCH3 is 2. The van der Waals surface area contributed by atoms with Gasteiger partial charge < -0.3 is 29.6 Å². The van der Waals surface area contributed by atoms with Gasteiger partial charge in [-0.3, -0.25) is 0 Å². The Hall–Kier alpha value is -3.49. The van der Waals surface area contributed by atoms with Gasteiger partial charge in [0.15, 0.2) is 11.5 Å². The summed E-state index contributed by atoms with van der Waals surface area (Å²) in [6.45, 7) is 3.23. The maximum atomic E-state index is 12.1. The number of carbonyl (C=O) groups excluding carboxylic acids is 3. The molecule has 1 atom stereocenters. The predicted octanol–water partition coefficient (Wildman–Crippen LogP) is 1.78. The number of benzene rings is 1. The smallest absolute Gasteiger partial charge is 0.338 e. The third kappa shape index (κ3) is 5.74. The summed E-state index contributed by atoms with van der Waals surface area (Å²) >= 11 is 0. The van der Waals surface area contributed by atoms with Crippen LogP contribution < -0.4 is 20.1 Å². The zero-order valence-corrected chi connectivity index (χ0v) is 16.7. The topological polar surface area (TPSA) is 112 Å². The van der Waals surface area contributed by atoms with Crippen molar-refractivity contribution in [3.05, 3.63) is 41.1 Å². The number of hydrogen-bond acceptors (Lipinski definition) is 7. The van der Waals surface area contributed by atoms with E-state index in [0.717, 1.165) is 0 Å². The van der Waals surface area contributed by atoms with Crippen LogP contribution in [0.4, 0.5) is 4.79 Å². The predicted molar refractivity (Wildman–Crippen MR) is 104 cm³/mol. The molecule has 0 saturated heterocycles. The van der Waals surface area contributed by atoms with Crippen molar-refractivity contribution in [2.24, 2.45) is 0 Å². The molecule has 2 N–H and O–H groups in total. The lowest BCUT2D eigenvalue weighted by Crippen LogP contribution is -2.50. The lowest BCUT2D eigenvalue weighted by Gasteiger charge is -2.26. The molecule has 1 unspecified atom stereocenters. The summed E-state index contributed by atoms with van der Waals surface area (Å²) in [5.74, 6) is -0.129. The van der Waals surface area contributed by atoms with E-state index in [1.807, 2.05) is 0 Å². The van der Waals surface area contributed by atoms with Crippen LogP contribution in [0.2, 0.25) is 0 Å². The van der Waals surface area contributed by atoms with Gasteiger partial charge in [-0.15, -0.1) is 0 Å². The van der Waals surface area contributed by atoms with E-state index in [4.69, 9.17) is 18.9 Å². The van der Waals surface area contributed by atoms with Gasteiger partial charge >= 0.3 is 18.0 Å². The highest BCUT2D eigenvalue weighted by Crippen LogP contribution is 2.28.